The van der Waals surface area contributed by atoms with Crippen molar-refractivity contribution in [3.63, 3.8) is 0 Å². The molecule has 1 heterocycles. The van der Waals surface area contributed by atoms with E-state index in [4.69, 9.17) is 9.47 Å². The summed E-state index contributed by atoms with van der Waals surface area (Å²) in [6.45, 7) is 1.38. The van der Waals surface area contributed by atoms with Gasteiger partial charge in [0.05, 0.1) is 20.8 Å². The molecule has 1 aliphatic rings. The van der Waals surface area contributed by atoms with Gasteiger partial charge in [-0.05, 0) is 24.1 Å². The zero-order valence-corrected chi connectivity index (χ0v) is 13.3. The minimum atomic E-state index is -0.00860. The molecular weight excluding hydrogens is 284 g/mol. The van der Waals surface area contributed by atoms with Crippen LogP contribution in [0.2, 0.25) is 0 Å². The quantitative estimate of drug-likeness (QED) is 0.812. The fourth-order valence-corrected chi connectivity index (χ4v) is 2.42. The third-order valence-corrected chi connectivity index (χ3v) is 3.89. The van der Waals surface area contributed by atoms with Gasteiger partial charge in [-0.15, -0.1) is 0 Å². The molecule has 0 bridgehead atoms. The van der Waals surface area contributed by atoms with E-state index in [-0.39, 0.29) is 18.4 Å². The van der Waals surface area contributed by atoms with Crippen molar-refractivity contribution in [2.24, 2.45) is 0 Å². The van der Waals surface area contributed by atoms with Gasteiger partial charge in [0, 0.05) is 26.6 Å². The fourth-order valence-electron chi connectivity index (χ4n) is 2.42. The minimum absolute atomic E-state index is 0.00860. The van der Waals surface area contributed by atoms with E-state index < -0.39 is 0 Å². The molecular formula is C16H22N2O4. The van der Waals surface area contributed by atoms with E-state index >= 15 is 0 Å². The van der Waals surface area contributed by atoms with Crippen molar-refractivity contribution in [2.45, 2.75) is 12.8 Å². The number of methoxy groups -OCH3 is 2. The molecule has 6 heteroatoms. The number of carbonyl (C=O) groups is 2. The first-order valence-corrected chi connectivity index (χ1v) is 7.27. The van der Waals surface area contributed by atoms with Crippen LogP contribution < -0.4 is 9.47 Å². The molecule has 1 saturated heterocycles. The summed E-state index contributed by atoms with van der Waals surface area (Å²) in [6.07, 6.45) is 0.992. The van der Waals surface area contributed by atoms with Crippen molar-refractivity contribution in [3.8, 4) is 11.5 Å². The van der Waals surface area contributed by atoms with Gasteiger partial charge in [0.1, 0.15) is 0 Å². The number of amides is 2. The lowest BCUT2D eigenvalue weighted by molar-refractivity contribution is -0.144. The molecule has 6 nitrogen and oxygen atoms in total. The summed E-state index contributed by atoms with van der Waals surface area (Å²) in [5.74, 6) is 1.33. The van der Waals surface area contributed by atoms with Crippen molar-refractivity contribution in [1.29, 1.82) is 0 Å². The summed E-state index contributed by atoms with van der Waals surface area (Å²) in [6, 6.07) is 5.63. The number of ether oxygens (including phenoxy) is 2. The van der Waals surface area contributed by atoms with Crippen LogP contribution in [0.1, 0.15) is 12.0 Å². The molecule has 22 heavy (non-hydrogen) atoms. The van der Waals surface area contributed by atoms with E-state index in [0.717, 1.165) is 5.56 Å². The summed E-state index contributed by atoms with van der Waals surface area (Å²) in [4.78, 5) is 27.1. The highest BCUT2D eigenvalue weighted by Crippen LogP contribution is 2.28. The SMILES string of the molecule is COc1ccc(CCC(=O)N2CCN(C)C(=O)C2)cc1OC. The van der Waals surface area contributed by atoms with E-state index in [1.165, 1.54) is 0 Å². The Kier molecular flexibility index (Phi) is 5.25. The summed E-state index contributed by atoms with van der Waals surface area (Å²) in [7, 11) is 4.93. The predicted octanol–water partition coefficient (Wildman–Crippen LogP) is 0.937. The third-order valence-electron chi connectivity index (χ3n) is 3.89. The number of hydrogen-bond acceptors (Lipinski definition) is 4. The Morgan fingerprint density at radius 3 is 2.55 bits per heavy atom. The van der Waals surface area contributed by atoms with Gasteiger partial charge in [-0.1, -0.05) is 6.07 Å². The van der Waals surface area contributed by atoms with Crippen LogP contribution in [0.3, 0.4) is 0 Å². The third kappa shape index (κ3) is 3.69. The molecule has 1 aromatic carbocycles. The van der Waals surface area contributed by atoms with Crippen LogP contribution in [0.5, 0.6) is 11.5 Å². The van der Waals surface area contributed by atoms with Gasteiger partial charge in [-0.2, -0.15) is 0 Å². The number of nitrogens with zero attached hydrogens (tertiary/aromatic N) is 2. The van der Waals surface area contributed by atoms with E-state index in [1.54, 1.807) is 31.1 Å². The highest BCUT2D eigenvalue weighted by Gasteiger charge is 2.24. The Hall–Kier alpha value is -2.24. The Balaban J connectivity index is 1.92. The summed E-state index contributed by atoms with van der Waals surface area (Å²) < 4.78 is 10.4. The monoisotopic (exact) mass is 306 g/mol. The topological polar surface area (TPSA) is 59.1 Å². The van der Waals surface area contributed by atoms with E-state index in [2.05, 4.69) is 0 Å². The molecule has 1 fully saturated rings. The standard InChI is InChI=1S/C16H22N2O4/c1-17-8-9-18(11-16(17)20)15(19)7-5-12-4-6-13(21-2)14(10-12)22-3/h4,6,10H,5,7-9,11H2,1-3H3. The summed E-state index contributed by atoms with van der Waals surface area (Å²) in [5.41, 5.74) is 1.01. The second kappa shape index (κ2) is 7.15. The van der Waals surface area contributed by atoms with E-state index in [1.807, 2.05) is 18.2 Å². The Labute approximate surface area is 130 Å². The normalized spacial score (nSPS) is 15.0. The maximum atomic E-state index is 12.2. The van der Waals surface area contributed by atoms with Gasteiger partial charge < -0.3 is 19.3 Å². The lowest BCUT2D eigenvalue weighted by Gasteiger charge is -2.32. The number of piperazine rings is 1. The first kappa shape index (κ1) is 16.1. The maximum absolute atomic E-state index is 12.2. The zero-order valence-electron chi connectivity index (χ0n) is 13.3. The molecule has 2 amide bonds. The average molecular weight is 306 g/mol. The second-order valence-electron chi connectivity index (χ2n) is 5.32. The molecule has 0 aromatic heterocycles. The number of carbonyl (C=O) groups excluding carboxylic acids is 2. The Morgan fingerprint density at radius 2 is 1.91 bits per heavy atom. The highest BCUT2D eigenvalue weighted by atomic mass is 16.5. The molecule has 0 atom stereocenters. The predicted molar refractivity (Wildman–Crippen MR) is 82.1 cm³/mol. The number of benzene rings is 1. The van der Waals surface area contributed by atoms with Crippen molar-refractivity contribution < 1.29 is 19.1 Å². The average Bonchev–Trinajstić information content (AvgIpc) is 2.54. The molecule has 0 unspecified atom stereocenters. The summed E-state index contributed by atoms with van der Waals surface area (Å²) >= 11 is 0. The first-order valence-electron chi connectivity index (χ1n) is 7.27. The lowest BCUT2D eigenvalue weighted by atomic mass is 10.1. The van der Waals surface area contributed by atoms with Gasteiger partial charge in [-0.25, -0.2) is 0 Å². The lowest BCUT2D eigenvalue weighted by Crippen LogP contribution is -2.50. The molecule has 1 aliphatic heterocycles. The molecule has 120 valence electrons. The van der Waals surface area contributed by atoms with Crippen LogP contribution in [0.4, 0.5) is 0 Å². The molecule has 0 radical (unpaired) electrons. The van der Waals surface area contributed by atoms with Crippen LogP contribution in [-0.2, 0) is 16.0 Å². The second-order valence-corrected chi connectivity index (χ2v) is 5.32. The molecule has 2 rings (SSSR count). The van der Waals surface area contributed by atoms with E-state index in [0.29, 0.717) is 37.4 Å². The largest absolute Gasteiger partial charge is 0.493 e. The molecule has 1 aromatic rings. The van der Waals surface area contributed by atoms with Crippen LogP contribution in [0.25, 0.3) is 0 Å². The first-order chi connectivity index (χ1) is 10.5. The number of hydrogen-bond donors (Lipinski definition) is 0. The maximum Gasteiger partial charge on any atom is 0.241 e. The van der Waals surface area contributed by atoms with Crippen molar-refractivity contribution in [2.75, 3.05) is 40.9 Å². The number of rotatable bonds is 5. The number of likely N-dealkylation sites (N-methyl/N-ethyl adjacent to an activating group) is 1. The van der Waals surface area contributed by atoms with Crippen LogP contribution >= 0.6 is 0 Å². The van der Waals surface area contributed by atoms with E-state index in [9.17, 15) is 9.59 Å². The molecule has 0 spiro atoms. The van der Waals surface area contributed by atoms with Crippen molar-refractivity contribution in [3.05, 3.63) is 23.8 Å². The minimum Gasteiger partial charge on any atom is -0.493 e. The molecule has 0 saturated carbocycles. The van der Waals surface area contributed by atoms with Crippen molar-refractivity contribution in [1.82, 2.24) is 9.80 Å². The molecule has 0 aliphatic carbocycles. The summed E-state index contributed by atoms with van der Waals surface area (Å²) in [5, 5.41) is 0. The zero-order chi connectivity index (χ0) is 16.1. The van der Waals surface area contributed by atoms with Gasteiger partial charge >= 0.3 is 0 Å². The number of aryl methyl sites for hydroxylation is 1. The van der Waals surface area contributed by atoms with Gasteiger partial charge in [0.15, 0.2) is 11.5 Å². The Bertz CT molecular complexity index is 559. The van der Waals surface area contributed by atoms with Gasteiger partial charge in [0.2, 0.25) is 11.8 Å². The van der Waals surface area contributed by atoms with Gasteiger partial charge in [0.25, 0.3) is 0 Å². The van der Waals surface area contributed by atoms with Crippen LogP contribution in [0.15, 0.2) is 18.2 Å². The molecule has 0 N–H and O–H groups in total. The Morgan fingerprint density at radius 1 is 1.18 bits per heavy atom. The van der Waals surface area contributed by atoms with Gasteiger partial charge in [-0.3, -0.25) is 9.59 Å². The highest BCUT2D eigenvalue weighted by molar-refractivity contribution is 5.85. The van der Waals surface area contributed by atoms with Crippen LogP contribution in [-0.4, -0.2) is 62.5 Å². The fraction of sp³-hybridized carbons (Fsp3) is 0.500. The smallest absolute Gasteiger partial charge is 0.241 e. The van der Waals surface area contributed by atoms with Crippen molar-refractivity contribution >= 4 is 11.8 Å². The van der Waals surface area contributed by atoms with Crippen LogP contribution in [0, 0.1) is 0 Å².